The molecule has 5 heteroatoms. The Hall–Kier alpha value is -1.46. The van der Waals surface area contributed by atoms with E-state index in [1.165, 1.54) is 10.6 Å². The molecule has 0 atom stereocenters. The zero-order valence-corrected chi connectivity index (χ0v) is 15.2. The molecule has 1 aliphatic heterocycles. The average Bonchev–Trinajstić information content (AvgIpc) is 3.04. The fourth-order valence-corrected chi connectivity index (χ4v) is 4.51. The molecule has 3 nitrogen and oxygen atoms in total. The van der Waals surface area contributed by atoms with Crippen LogP contribution in [0.4, 0.5) is 10.7 Å². The molecule has 0 bridgehead atoms. The van der Waals surface area contributed by atoms with Crippen LogP contribution in [-0.2, 0) is 0 Å². The Morgan fingerprint density at radius 3 is 2.91 bits per heavy atom. The van der Waals surface area contributed by atoms with Gasteiger partial charge in [0.25, 0.3) is 5.91 Å². The maximum absolute atomic E-state index is 12.2. The average molecular weight is 347 g/mol. The molecule has 2 aromatic rings. The number of carbonyl (C=O) groups is 1. The lowest BCUT2D eigenvalue weighted by Gasteiger charge is -2.29. The van der Waals surface area contributed by atoms with E-state index >= 15 is 0 Å². The highest BCUT2D eigenvalue weighted by atomic mass is 32.2. The standard InChI is InChI=1S/C18H22N2OS2/c1-13(2)9-10-19-18(21)16-7-8-17(23-16)20-11-12-22-15-6-4-3-5-14(15)20/h3-8,13H,9-12H2,1-2H3,(H,19,21). The summed E-state index contributed by atoms with van der Waals surface area (Å²) < 4.78 is 0. The number of thiophene rings is 1. The number of amides is 1. The van der Waals surface area contributed by atoms with Crippen molar-refractivity contribution in [2.24, 2.45) is 5.92 Å². The quantitative estimate of drug-likeness (QED) is 0.846. The monoisotopic (exact) mass is 346 g/mol. The minimum absolute atomic E-state index is 0.0431. The lowest BCUT2D eigenvalue weighted by Crippen LogP contribution is -2.24. The first kappa shape index (κ1) is 16.4. The summed E-state index contributed by atoms with van der Waals surface area (Å²) in [5.74, 6) is 1.73. The Labute approximate surface area is 146 Å². The first-order valence-corrected chi connectivity index (χ1v) is 9.83. The number of rotatable bonds is 5. The van der Waals surface area contributed by atoms with Crippen LogP contribution in [0.25, 0.3) is 0 Å². The minimum atomic E-state index is 0.0431. The molecular formula is C18H22N2OS2. The molecule has 1 N–H and O–H groups in total. The van der Waals surface area contributed by atoms with E-state index in [0.29, 0.717) is 5.92 Å². The van der Waals surface area contributed by atoms with Gasteiger partial charge in [-0.15, -0.1) is 23.1 Å². The van der Waals surface area contributed by atoms with Gasteiger partial charge in [-0.05, 0) is 36.6 Å². The van der Waals surface area contributed by atoms with E-state index in [1.807, 2.05) is 17.8 Å². The molecular weight excluding hydrogens is 324 g/mol. The third kappa shape index (κ3) is 3.90. The number of benzene rings is 1. The molecule has 0 fully saturated rings. The van der Waals surface area contributed by atoms with E-state index in [-0.39, 0.29) is 5.91 Å². The molecule has 2 heterocycles. The van der Waals surface area contributed by atoms with Crippen molar-refractivity contribution in [3.63, 3.8) is 0 Å². The molecule has 0 aliphatic carbocycles. The van der Waals surface area contributed by atoms with Crippen molar-refractivity contribution >= 4 is 39.7 Å². The first-order chi connectivity index (χ1) is 11.1. The van der Waals surface area contributed by atoms with E-state index in [2.05, 4.69) is 54.4 Å². The molecule has 1 aliphatic rings. The first-order valence-electron chi connectivity index (χ1n) is 8.02. The van der Waals surface area contributed by atoms with Crippen molar-refractivity contribution in [2.45, 2.75) is 25.2 Å². The zero-order chi connectivity index (χ0) is 16.2. The molecule has 3 rings (SSSR count). The van der Waals surface area contributed by atoms with Crippen molar-refractivity contribution in [2.75, 3.05) is 23.7 Å². The highest BCUT2D eigenvalue weighted by molar-refractivity contribution is 7.99. The third-order valence-corrected chi connectivity index (χ3v) is 5.97. The molecule has 0 unspecified atom stereocenters. The van der Waals surface area contributed by atoms with Crippen molar-refractivity contribution < 1.29 is 4.79 Å². The zero-order valence-electron chi connectivity index (χ0n) is 13.5. The number of hydrogen-bond acceptors (Lipinski definition) is 4. The van der Waals surface area contributed by atoms with E-state index in [0.717, 1.165) is 35.1 Å². The van der Waals surface area contributed by atoms with Gasteiger partial charge in [-0.2, -0.15) is 0 Å². The van der Waals surface area contributed by atoms with Crippen LogP contribution in [0.1, 0.15) is 29.9 Å². The van der Waals surface area contributed by atoms with Crippen LogP contribution in [0.2, 0.25) is 0 Å². The number of carbonyl (C=O) groups excluding carboxylic acids is 1. The van der Waals surface area contributed by atoms with Gasteiger partial charge < -0.3 is 10.2 Å². The summed E-state index contributed by atoms with van der Waals surface area (Å²) in [6, 6.07) is 12.5. The summed E-state index contributed by atoms with van der Waals surface area (Å²) in [5, 5.41) is 4.16. The van der Waals surface area contributed by atoms with Gasteiger partial charge in [0.05, 0.1) is 15.6 Å². The summed E-state index contributed by atoms with van der Waals surface area (Å²) in [4.78, 5) is 16.7. The minimum Gasteiger partial charge on any atom is -0.351 e. The van der Waals surface area contributed by atoms with Gasteiger partial charge in [-0.25, -0.2) is 0 Å². The molecule has 122 valence electrons. The van der Waals surface area contributed by atoms with Gasteiger partial charge in [-0.3, -0.25) is 4.79 Å². The Kier molecular flexibility index (Phi) is 5.28. The molecule has 0 saturated heterocycles. The van der Waals surface area contributed by atoms with Gasteiger partial charge >= 0.3 is 0 Å². The van der Waals surface area contributed by atoms with Crippen LogP contribution in [0, 0.1) is 5.92 Å². The lowest BCUT2D eigenvalue weighted by atomic mass is 10.1. The van der Waals surface area contributed by atoms with Crippen molar-refractivity contribution in [1.82, 2.24) is 5.32 Å². The van der Waals surface area contributed by atoms with E-state index < -0.39 is 0 Å². The predicted molar refractivity (Wildman–Crippen MR) is 100 cm³/mol. The summed E-state index contributed by atoms with van der Waals surface area (Å²) in [6.07, 6.45) is 1.01. The van der Waals surface area contributed by atoms with Crippen LogP contribution in [-0.4, -0.2) is 24.7 Å². The van der Waals surface area contributed by atoms with Crippen molar-refractivity contribution in [3.8, 4) is 0 Å². The number of nitrogens with one attached hydrogen (secondary N) is 1. The second-order valence-corrected chi connectivity index (χ2v) is 8.24. The van der Waals surface area contributed by atoms with Gasteiger partial charge in [0, 0.05) is 23.7 Å². The fourth-order valence-electron chi connectivity index (χ4n) is 2.55. The normalized spacial score (nSPS) is 14.0. The van der Waals surface area contributed by atoms with Crippen molar-refractivity contribution in [3.05, 3.63) is 41.3 Å². The van der Waals surface area contributed by atoms with Gasteiger partial charge in [-0.1, -0.05) is 26.0 Å². The molecule has 1 amide bonds. The predicted octanol–water partition coefficient (Wildman–Crippen LogP) is 4.77. The number of anilines is 2. The highest BCUT2D eigenvalue weighted by Gasteiger charge is 2.20. The van der Waals surface area contributed by atoms with Gasteiger partial charge in [0.1, 0.15) is 0 Å². The maximum atomic E-state index is 12.2. The summed E-state index contributed by atoms with van der Waals surface area (Å²) in [5.41, 5.74) is 1.25. The summed E-state index contributed by atoms with van der Waals surface area (Å²) in [6.45, 7) is 6.06. The van der Waals surface area contributed by atoms with E-state index in [9.17, 15) is 4.79 Å². The maximum Gasteiger partial charge on any atom is 0.261 e. The Morgan fingerprint density at radius 1 is 1.26 bits per heavy atom. The number of nitrogens with zero attached hydrogens (tertiary/aromatic N) is 1. The largest absolute Gasteiger partial charge is 0.351 e. The van der Waals surface area contributed by atoms with Crippen molar-refractivity contribution in [1.29, 1.82) is 0 Å². The molecule has 1 aromatic heterocycles. The third-order valence-electron chi connectivity index (χ3n) is 3.82. The number of para-hydroxylation sites is 1. The van der Waals surface area contributed by atoms with Crippen LogP contribution >= 0.6 is 23.1 Å². The Morgan fingerprint density at radius 2 is 2.09 bits per heavy atom. The van der Waals surface area contributed by atoms with Gasteiger partial charge in [0.2, 0.25) is 0 Å². The molecule has 0 saturated carbocycles. The van der Waals surface area contributed by atoms with Gasteiger partial charge in [0.15, 0.2) is 0 Å². The number of hydrogen-bond donors (Lipinski definition) is 1. The van der Waals surface area contributed by atoms with Crippen LogP contribution < -0.4 is 10.2 Å². The smallest absolute Gasteiger partial charge is 0.261 e. The lowest BCUT2D eigenvalue weighted by molar-refractivity contribution is 0.0956. The highest BCUT2D eigenvalue weighted by Crippen LogP contribution is 2.41. The van der Waals surface area contributed by atoms with Crippen LogP contribution in [0.15, 0.2) is 41.3 Å². The van der Waals surface area contributed by atoms with Crippen LogP contribution in [0.3, 0.4) is 0 Å². The number of fused-ring (bicyclic) bond motifs is 1. The molecule has 0 spiro atoms. The Bertz CT molecular complexity index is 681. The van der Waals surface area contributed by atoms with Crippen LogP contribution in [0.5, 0.6) is 0 Å². The molecule has 23 heavy (non-hydrogen) atoms. The topological polar surface area (TPSA) is 32.3 Å². The second kappa shape index (κ2) is 7.41. The fraction of sp³-hybridized carbons (Fsp3) is 0.389. The van der Waals surface area contributed by atoms with E-state index in [4.69, 9.17) is 0 Å². The molecule has 0 radical (unpaired) electrons. The number of thioether (sulfide) groups is 1. The summed E-state index contributed by atoms with van der Waals surface area (Å²) >= 11 is 3.47. The second-order valence-electron chi connectivity index (χ2n) is 6.04. The molecule has 1 aromatic carbocycles. The Balaban J connectivity index is 1.71. The van der Waals surface area contributed by atoms with E-state index in [1.54, 1.807) is 11.3 Å². The SMILES string of the molecule is CC(C)CCNC(=O)c1ccc(N2CCSc3ccccc32)s1. The summed E-state index contributed by atoms with van der Waals surface area (Å²) in [7, 11) is 0.